The van der Waals surface area contributed by atoms with Crippen LogP contribution in [-0.2, 0) is 4.74 Å². The van der Waals surface area contributed by atoms with Crippen LogP contribution in [0.15, 0.2) is 24.3 Å². The number of nitrogens with one attached hydrogen (secondary N) is 1. The first-order valence-corrected chi connectivity index (χ1v) is 7.73. The summed E-state index contributed by atoms with van der Waals surface area (Å²) in [5.41, 5.74) is 2.28. The van der Waals surface area contributed by atoms with Gasteiger partial charge in [-0.05, 0) is 37.8 Å². The lowest BCUT2D eigenvalue weighted by Crippen LogP contribution is -2.30. The van der Waals surface area contributed by atoms with Crippen molar-refractivity contribution in [3.63, 3.8) is 0 Å². The average Bonchev–Trinajstić information content (AvgIpc) is 2.45. The van der Waals surface area contributed by atoms with E-state index < -0.39 is 6.10 Å². The third-order valence-corrected chi connectivity index (χ3v) is 4.01. The van der Waals surface area contributed by atoms with Crippen molar-refractivity contribution in [1.82, 2.24) is 0 Å². The Bertz CT molecular complexity index is 390. The van der Waals surface area contributed by atoms with E-state index in [1.807, 2.05) is 12.1 Å². The van der Waals surface area contributed by atoms with E-state index in [9.17, 15) is 5.11 Å². The zero-order valence-corrected chi connectivity index (χ0v) is 12.6. The van der Waals surface area contributed by atoms with Crippen LogP contribution < -0.4 is 5.32 Å². The van der Waals surface area contributed by atoms with E-state index >= 15 is 0 Å². The minimum Gasteiger partial charge on any atom is -0.389 e. The van der Waals surface area contributed by atoms with Gasteiger partial charge >= 0.3 is 0 Å². The summed E-state index contributed by atoms with van der Waals surface area (Å²) in [6.07, 6.45) is 4.74. The second kappa shape index (κ2) is 7.65. The third kappa shape index (κ3) is 5.14. The fraction of sp³-hybridized carbons (Fsp3) is 0.647. The lowest BCUT2D eigenvalue weighted by Gasteiger charge is -2.27. The van der Waals surface area contributed by atoms with Gasteiger partial charge in [0.15, 0.2) is 0 Å². The number of benzene rings is 1. The number of aliphatic hydroxyl groups is 1. The summed E-state index contributed by atoms with van der Waals surface area (Å²) in [6, 6.07) is 8.20. The Morgan fingerprint density at radius 1 is 1.30 bits per heavy atom. The van der Waals surface area contributed by atoms with E-state index in [2.05, 4.69) is 31.3 Å². The van der Waals surface area contributed by atoms with Gasteiger partial charge in [-0.1, -0.05) is 37.5 Å². The van der Waals surface area contributed by atoms with Gasteiger partial charge in [-0.2, -0.15) is 0 Å². The zero-order chi connectivity index (χ0) is 14.4. The first-order chi connectivity index (χ1) is 9.63. The van der Waals surface area contributed by atoms with Crippen LogP contribution >= 0.6 is 0 Å². The van der Waals surface area contributed by atoms with Crippen molar-refractivity contribution >= 4 is 5.69 Å². The van der Waals surface area contributed by atoms with Crippen LogP contribution in [0.3, 0.4) is 0 Å². The molecular formula is C17H27NO2. The largest absolute Gasteiger partial charge is 0.389 e. The number of aliphatic hydroxyl groups excluding tert-OH is 1. The van der Waals surface area contributed by atoms with Gasteiger partial charge in [0.1, 0.15) is 0 Å². The highest BCUT2D eigenvalue weighted by Gasteiger charge is 2.20. The maximum atomic E-state index is 9.97. The molecule has 112 valence electrons. The van der Waals surface area contributed by atoms with Crippen molar-refractivity contribution in [2.24, 2.45) is 5.92 Å². The summed E-state index contributed by atoms with van der Waals surface area (Å²) in [7, 11) is 0. The predicted molar refractivity (Wildman–Crippen MR) is 83.0 cm³/mol. The molecular weight excluding hydrogens is 250 g/mol. The highest BCUT2D eigenvalue weighted by Crippen LogP contribution is 2.25. The highest BCUT2D eigenvalue weighted by atomic mass is 16.5. The molecule has 3 nitrogen and oxygen atoms in total. The Morgan fingerprint density at radius 2 is 2.05 bits per heavy atom. The Balaban J connectivity index is 1.65. The molecule has 1 saturated carbocycles. The van der Waals surface area contributed by atoms with Gasteiger partial charge in [0.25, 0.3) is 0 Å². The molecule has 0 saturated heterocycles. The van der Waals surface area contributed by atoms with E-state index in [0.29, 0.717) is 19.3 Å². The molecule has 1 aliphatic carbocycles. The molecule has 0 bridgehead atoms. The molecule has 3 unspecified atom stereocenters. The van der Waals surface area contributed by atoms with Gasteiger partial charge in [0, 0.05) is 12.2 Å². The van der Waals surface area contributed by atoms with Crippen molar-refractivity contribution in [2.75, 3.05) is 18.5 Å². The molecule has 3 heteroatoms. The number of rotatable bonds is 6. The Morgan fingerprint density at radius 3 is 2.75 bits per heavy atom. The lowest BCUT2D eigenvalue weighted by atomic mass is 9.89. The lowest BCUT2D eigenvalue weighted by molar-refractivity contribution is -0.0274. The van der Waals surface area contributed by atoms with E-state index in [0.717, 1.165) is 24.4 Å². The van der Waals surface area contributed by atoms with Gasteiger partial charge < -0.3 is 15.2 Å². The van der Waals surface area contributed by atoms with E-state index in [1.165, 1.54) is 18.4 Å². The first-order valence-electron chi connectivity index (χ1n) is 7.73. The van der Waals surface area contributed by atoms with Gasteiger partial charge in [-0.3, -0.25) is 0 Å². The van der Waals surface area contributed by atoms with Crippen molar-refractivity contribution in [2.45, 2.75) is 51.7 Å². The molecule has 0 amide bonds. The molecule has 0 aromatic heterocycles. The van der Waals surface area contributed by atoms with Crippen LogP contribution in [0.25, 0.3) is 0 Å². The number of ether oxygens (including phenoxy) is 1. The minimum atomic E-state index is -0.450. The molecule has 0 spiro atoms. The summed E-state index contributed by atoms with van der Waals surface area (Å²) in [4.78, 5) is 0. The van der Waals surface area contributed by atoms with Crippen LogP contribution in [-0.4, -0.2) is 30.5 Å². The van der Waals surface area contributed by atoms with Gasteiger partial charge in [-0.25, -0.2) is 0 Å². The minimum absolute atomic E-state index is 0.341. The van der Waals surface area contributed by atoms with Gasteiger partial charge in [0.2, 0.25) is 0 Å². The summed E-state index contributed by atoms with van der Waals surface area (Å²) >= 11 is 0. The molecule has 2 rings (SSSR count). The van der Waals surface area contributed by atoms with Crippen LogP contribution in [0.1, 0.15) is 38.2 Å². The highest BCUT2D eigenvalue weighted by molar-refractivity contribution is 5.44. The maximum Gasteiger partial charge on any atom is 0.0945 e. The molecule has 1 aromatic carbocycles. The SMILES string of the molecule is Cc1ccc(NCC(O)COC2CCCC(C)C2)cc1. The van der Waals surface area contributed by atoms with Crippen molar-refractivity contribution in [3.8, 4) is 0 Å². The van der Waals surface area contributed by atoms with Crippen molar-refractivity contribution in [1.29, 1.82) is 0 Å². The van der Waals surface area contributed by atoms with E-state index in [1.54, 1.807) is 0 Å². The molecule has 2 N–H and O–H groups in total. The summed E-state index contributed by atoms with van der Waals surface area (Å²) < 4.78 is 5.83. The smallest absolute Gasteiger partial charge is 0.0945 e. The quantitative estimate of drug-likeness (QED) is 0.837. The van der Waals surface area contributed by atoms with Crippen LogP contribution in [0.2, 0.25) is 0 Å². The van der Waals surface area contributed by atoms with Crippen molar-refractivity contribution < 1.29 is 9.84 Å². The Kier molecular flexibility index (Phi) is 5.86. The van der Waals surface area contributed by atoms with Gasteiger partial charge in [0.05, 0.1) is 18.8 Å². The molecule has 1 aromatic rings. The predicted octanol–water partition coefficient (Wildman–Crippen LogP) is 3.36. The summed E-state index contributed by atoms with van der Waals surface area (Å²) in [5, 5.41) is 13.2. The normalized spacial score (nSPS) is 24.4. The van der Waals surface area contributed by atoms with E-state index in [-0.39, 0.29) is 0 Å². The van der Waals surface area contributed by atoms with Crippen molar-refractivity contribution in [3.05, 3.63) is 29.8 Å². The molecule has 1 aliphatic rings. The molecule has 1 fully saturated rings. The van der Waals surface area contributed by atoms with Crippen LogP contribution in [0.4, 0.5) is 5.69 Å². The molecule has 20 heavy (non-hydrogen) atoms. The topological polar surface area (TPSA) is 41.5 Å². The third-order valence-electron chi connectivity index (χ3n) is 4.01. The summed E-state index contributed by atoms with van der Waals surface area (Å²) in [5.74, 6) is 0.761. The fourth-order valence-electron chi connectivity index (χ4n) is 2.74. The summed E-state index contributed by atoms with van der Waals surface area (Å²) in [6.45, 7) is 5.31. The standard InChI is InChI=1S/C17H27NO2/c1-13-6-8-15(9-7-13)18-11-16(19)12-20-17-5-3-4-14(2)10-17/h6-9,14,16-19H,3-5,10-12H2,1-2H3. The maximum absolute atomic E-state index is 9.97. The molecule has 3 atom stereocenters. The zero-order valence-electron chi connectivity index (χ0n) is 12.6. The first kappa shape index (κ1) is 15.3. The fourth-order valence-corrected chi connectivity index (χ4v) is 2.74. The number of anilines is 1. The average molecular weight is 277 g/mol. The second-order valence-corrected chi connectivity index (χ2v) is 6.13. The molecule has 0 heterocycles. The number of hydrogen-bond donors (Lipinski definition) is 2. The Hall–Kier alpha value is -1.06. The second-order valence-electron chi connectivity index (χ2n) is 6.13. The van der Waals surface area contributed by atoms with Crippen LogP contribution in [0.5, 0.6) is 0 Å². The number of aryl methyl sites for hydroxylation is 1. The molecule has 0 aliphatic heterocycles. The monoisotopic (exact) mass is 277 g/mol. The van der Waals surface area contributed by atoms with Crippen LogP contribution in [0, 0.1) is 12.8 Å². The number of hydrogen-bond acceptors (Lipinski definition) is 3. The Labute approximate surface area is 122 Å². The molecule has 0 radical (unpaired) electrons. The van der Waals surface area contributed by atoms with E-state index in [4.69, 9.17) is 4.74 Å². The van der Waals surface area contributed by atoms with Gasteiger partial charge in [-0.15, -0.1) is 0 Å².